The molecule has 100 valence electrons. The molecule has 1 heteroatoms. The van der Waals surface area contributed by atoms with Crippen LogP contribution in [-0.4, -0.2) is 6.61 Å². The molecular formula is C17H26O. The molecule has 1 saturated carbocycles. The van der Waals surface area contributed by atoms with Crippen LogP contribution in [0, 0.1) is 0 Å². The molecule has 2 rings (SSSR count). The van der Waals surface area contributed by atoms with Gasteiger partial charge in [-0.2, -0.15) is 0 Å². The van der Waals surface area contributed by atoms with Crippen LogP contribution in [0.5, 0.6) is 5.75 Å². The number of rotatable bonds is 5. The molecule has 0 heterocycles. The summed E-state index contributed by atoms with van der Waals surface area (Å²) in [5, 5.41) is 0. The summed E-state index contributed by atoms with van der Waals surface area (Å²) >= 11 is 0. The van der Waals surface area contributed by atoms with E-state index in [0.717, 1.165) is 12.4 Å². The fraction of sp³-hybridized carbons (Fsp3) is 0.647. The van der Waals surface area contributed by atoms with E-state index in [1.807, 2.05) is 0 Å². The van der Waals surface area contributed by atoms with E-state index in [0.29, 0.717) is 5.41 Å². The van der Waals surface area contributed by atoms with Gasteiger partial charge in [-0.1, -0.05) is 50.8 Å². The third-order valence-electron chi connectivity index (χ3n) is 4.30. The molecule has 0 aliphatic heterocycles. The van der Waals surface area contributed by atoms with E-state index in [9.17, 15) is 0 Å². The van der Waals surface area contributed by atoms with Crippen molar-refractivity contribution in [2.24, 2.45) is 0 Å². The quantitative estimate of drug-likeness (QED) is 0.703. The SMILES string of the molecule is CCCC1(c2ccccc2OCC)CCCCC1. The normalized spacial score (nSPS) is 18.6. The summed E-state index contributed by atoms with van der Waals surface area (Å²) in [5.74, 6) is 1.12. The summed E-state index contributed by atoms with van der Waals surface area (Å²) in [6, 6.07) is 8.71. The molecule has 0 amide bonds. The Morgan fingerprint density at radius 3 is 2.44 bits per heavy atom. The van der Waals surface area contributed by atoms with Crippen LogP contribution in [0.4, 0.5) is 0 Å². The van der Waals surface area contributed by atoms with E-state index in [-0.39, 0.29) is 0 Å². The highest BCUT2D eigenvalue weighted by molar-refractivity contribution is 5.40. The lowest BCUT2D eigenvalue weighted by molar-refractivity contribution is 0.254. The Kier molecular flexibility index (Phi) is 4.68. The second-order valence-electron chi connectivity index (χ2n) is 5.52. The summed E-state index contributed by atoms with van der Waals surface area (Å²) < 4.78 is 5.86. The molecule has 0 unspecified atom stereocenters. The summed E-state index contributed by atoms with van der Waals surface area (Å²) in [6.45, 7) is 5.14. The highest BCUT2D eigenvalue weighted by atomic mass is 16.5. The average molecular weight is 246 g/mol. The van der Waals surface area contributed by atoms with E-state index < -0.39 is 0 Å². The van der Waals surface area contributed by atoms with Crippen LogP contribution in [0.2, 0.25) is 0 Å². The first kappa shape index (κ1) is 13.5. The number of hydrogen-bond donors (Lipinski definition) is 0. The second-order valence-corrected chi connectivity index (χ2v) is 5.52. The minimum absolute atomic E-state index is 0.388. The second kappa shape index (κ2) is 6.26. The lowest BCUT2D eigenvalue weighted by atomic mass is 9.66. The van der Waals surface area contributed by atoms with Gasteiger partial charge in [0.15, 0.2) is 0 Å². The minimum Gasteiger partial charge on any atom is -0.494 e. The maximum Gasteiger partial charge on any atom is 0.123 e. The Hall–Kier alpha value is -0.980. The molecule has 1 nitrogen and oxygen atoms in total. The molecule has 1 fully saturated rings. The van der Waals surface area contributed by atoms with Crippen LogP contribution in [0.1, 0.15) is 64.4 Å². The molecular weight excluding hydrogens is 220 g/mol. The first-order valence-electron chi connectivity index (χ1n) is 7.55. The van der Waals surface area contributed by atoms with Crippen LogP contribution in [0.25, 0.3) is 0 Å². The van der Waals surface area contributed by atoms with Crippen LogP contribution in [0.15, 0.2) is 24.3 Å². The molecule has 0 aromatic heterocycles. The number of benzene rings is 1. The monoisotopic (exact) mass is 246 g/mol. The van der Waals surface area contributed by atoms with Gasteiger partial charge >= 0.3 is 0 Å². The molecule has 1 aliphatic carbocycles. The molecule has 1 aromatic carbocycles. The standard InChI is InChI=1S/C17H26O/c1-3-12-17(13-8-5-9-14-17)15-10-6-7-11-16(15)18-4-2/h6-7,10-11H,3-5,8-9,12-14H2,1-2H3. The van der Waals surface area contributed by atoms with E-state index in [2.05, 4.69) is 38.1 Å². The predicted octanol–water partition coefficient (Wildman–Crippen LogP) is 5.09. The molecule has 0 radical (unpaired) electrons. The van der Waals surface area contributed by atoms with Crippen molar-refractivity contribution in [3.05, 3.63) is 29.8 Å². The molecule has 0 N–H and O–H groups in total. The lowest BCUT2D eigenvalue weighted by Gasteiger charge is -2.38. The summed E-state index contributed by atoms with van der Waals surface area (Å²) in [7, 11) is 0. The zero-order chi connectivity index (χ0) is 12.8. The van der Waals surface area contributed by atoms with Gasteiger partial charge in [0.25, 0.3) is 0 Å². The van der Waals surface area contributed by atoms with E-state index in [1.54, 1.807) is 0 Å². The van der Waals surface area contributed by atoms with Gasteiger partial charge in [-0.3, -0.25) is 0 Å². The molecule has 0 bridgehead atoms. The third kappa shape index (κ3) is 2.71. The van der Waals surface area contributed by atoms with Crippen molar-refractivity contribution in [3.8, 4) is 5.75 Å². The Labute approximate surface area is 112 Å². The van der Waals surface area contributed by atoms with E-state index in [4.69, 9.17) is 4.74 Å². The Balaban J connectivity index is 2.34. The van der Waals surface area contributed by atoms with Crippen molar-refractivity contribution in [1.29, 1.82) is 0 Å². The molecule has 1 aromatic rings. The fourth-order valence-corrected chi connectivity index (χ4v) is 3.55. The minimum atomic E-state index is 0.388. The van der Waals surface area contributed by atoms with Crippen molar-refractivity contribution >= 4 is 0 Å². The Morgan fingerprint density at radius 2 is 1.78 bits per heavy atom. The van der Waals surface area contributed by atoms with Crippen molar-refractivity contribution in [2.75, 3.05) is 6.61 Å². The smallest absolute Gasteiger partial charge is 0.123 e. The van der Waals surface area contributed by atoms with Gasteiger partial charge in [0.1, 0.15) is 5.75 Å². The van der Waals surface area contributed by atoms with Gasteiger partial charge in [0, 0.05) is 5.56 Å². The summed E-state index contributed by atoms with van der Waals surface area (Å²) in [4.78, 5) is 0. The highest BCUT2D eigenvalue weighted by Gasteiger charge is 2.34. The maximum atomic E-state index is 5.86. The first-order chi connectivity index (χ1) is 8.82. The van der Waals surface area contributed by atoms with Gasteiger partial charge in [-0.05, 0) is 37.7 Å². The number of ether oxygens (including phenoxy) is 1. The van der Waals surface area contributed by atoms with Crippen LogP contribution >= 0.6 is 0 Å². The van der Waals surface area contributed by atoms with E-state index in [1.165, 1.54) is 50.5 Å². The zero-order valence-electron chi connectivity index (χ0n) is 11.9. The fourth-order valence-electron chi connectivity index (χ4n) is 3.55. The van der Waals surface area contributed by atoms with Gasteiger partial charge in [-0.15, -0.1) is 0 Å². The largest absolute Gasteiger partial charge is 0.494 e. The van der Waals surface area contributed by atoms with Gasteiger partial charge in [0.05, 0.1) is 6.61 Å². The van der Waals surface area contributed by atoms with Crippen LogP contribution in [-0.2, 0) is 5.41 Å². The van der Waals surface area contributed by atoms with Crippen LogP contribution in [0.3, 0.4) is 0 Å². The van der Waals surface area contributed by atoms with Crippen molar-refractivity contribution < 1.29 is 4.74 Å². The molecule has 18 heavy (non-hydrogen) atoms. The first-order valence-corrected chi connectivity index (χ1v) is 7.55. The maximum absolute atomic E-state index is 5.86. The zero-order valence-corrected chi connectivity index (χ0v) is 11.9. The van der Waals surface area contributed by atoms with E-state index >= 15 is 0 Å². The molecule has 0 spiro atoms. The predicted molar refractivity (Wildman–Crippen MR) is 77.3 cm³/mol. The van der Waals surface area contributed by atoms with Crippen molar-refractivity contribution in [2.45, 2.75) is 64.2 Å². The lowest BCUT2D eigenvalue weighted by Crippen LogP contribution is -2.29. The van der Waals surface area contributed by atoms with Gasteiger partial charge in [-0.25, -0.2) is 0 Å². The highest BCUT2D eigenvalue weighted by Crippen LogP contribution is 2.46. The molecule has 0 saturated heterocycles. The average Bonchev–Trinajstić information content (AvgIpc) is 2.41. The van der Waals surface area contributed by atoms with Crippen LogP contribution < -0.4 is 4.74 Å². The van der Waals surface area contributed by atoms with Crippen molar-refractivity contribution in [1.82, 2.24) is 0 Å². The summed E-state index contributed by atoms with van der Waals surface area (Å²) in [6.07, 6.45) is 9.40. The third-order valence-corrected chi connectivity index (χ3v) is 4.30. The Bertz CT molecular complexity index is 358. The van der Waals surface area contributed by atoms with Gasteiger partial charge < -0.3 is 4.74 Å². The van der Waals surface area contributed by atoms with Crippen molar-refractivity contribution in [3.63, 3.8) is 0 Å². The summed E-state index contributed by atoms with van der Waals surface area (Å²) in [5.41, 5.74) is 1.85. The molecule has 1 aliphatic rings. The Morgan fingerprint density at radius 1 is 1.06 bits per heavy atom. The van der Waals surface area contributed by atoms with Gasteiger partial charge in [0.2, 0.25) is 0 Å². The number of hydrogen-bond acceptors (Lipinski definition) is 1. The molecule has 0 atom stereocenters. The topological polar surface area (TPSA) is 9.23 Å². The number of para-hydroxylation sites is 1.